The number of hydrogen-bond acceptors (Lipinski definition) is 3. The molecular formula is C15H22O3. The second-order valence-corrected chi connectivity index (χ2v) is 4.81. The second kappa shape index (κ2) is 7.14. The van der Waals surface area contributed by atoms with E-state index in [2.05, 4.69) is 13.0 Å². The summed E-state index contributed by atoms with van der Waals surface area (Å²) in [6.07, 6.45) is 12.9. The number of carbonyl (C=O) groups excluding carboxylic acids is 2. The molecule has 0 aromatic rings. The molecule has 0 bridgehead atoms. The molecule has 3 heteroatoms. The van der Waals surface area contributed by atoms with Gasteiger partial charge in [0.05, 0.1) is 6.42 Å². The third-order valence-corrected chi connectivity index (χ3v) is 3.00. The van der Waals surface area contributed by atoms with Gasteiger partial charge >= 0.3 is 5.97 Å². The summed E-state index contributed by atoms with van der Waals surface area (Å²) >= 11 is 0. The van der Waals surface area contributed by atoms with Crippen LogP contribution in [-0.2, 0) is 14.3 Å². The van der Waals surface area contributed by atoms with Gasteiger partial charge in [0, 0.05) is 13.3 Å². The van der Waals surface area contributed by atoms with Crippen molar-refractivity contribution in [2.24, 2.45) is 0 Å². The number of hydrogen-bond donors (Lipinski definition) is 0. The van der Waals surface area contributed by atoms with Crippen molar-refractivity contribution in [1.29, 1.82) is 0 Å². The molecule has 0 unspecified atom stereocenters. The van der Waals surface area contributed by atoms with Crippen molar-refractivity contribution >= 4 is 11.8 Å². The standard InChI is InChI=1S/C15H22O3/c1-3-4-5-6-7-8-10-15(18-13(2)16)11-9-14(17)12-15/h7-9,11H,3-6,10,12H2,1-2H3/b8-7+/t15-/m0/s1. The summed E-state index contributed by atoms with van der Waals surface area (Å²) in [6.45, 7) is 3.55. The fourth-order valence-corrected chi connectivity index (χ4v) is 2.11. The first-order chi connectivity index (χ1) is 8.58. The molecule has 0 amide bonds. The van der Waals surface area contributed by atoms with Crippen molar-refractivity contribution in [3.63, 3.8) is 0 Å². The van der Waals surface area contributed by atoms with Crippen molar-refractivity contribution in [2.45, 2.75) is 58.0 Å². The molecule has 0 saturated carbocycles. The number of rotatable bonds is 7. The lowest BCUT2D eigenvalue weighted by Gasteiger charge is -2.24. The lowest BCUT2D eigenvalue weighted by atomic mass is 9.98. The summed E-state index contributed by atoms with van der Waals surface area (Å²) < 4.78 is 5.30. The molecule has 0 fully saturated rings. The van der Waals surface area contributed by atoms with Crippen molar-refractivity contribution in [2.75, 3.05) is 0 Å². The first-order valence-corrected chi connectivity index (χ1v) is 6.64. The van der Waals surface area contributed by atoms with E-state index >= 15 is 0 Å². The van der Waals surface area contributed by atoms with E-state index in [1.807, 2.05) is 6.08 Å². The monoisotopic (exact) mass is 250 g/mol. The third-order valence-electron chi connectivity index (χ3n) is 3.00. The van der Waals surface area contributed by atoms with Crippen molar-refractivity contribution in [3.8, 4) is 0 Å². The normalized spacial score (nSPS) is 22.9. The van der Waals surface area contributed by atoms with Gasteiger partial charge in [0.25, 0.3) is 0 Å². The summed E-state index contributed by atoms with van der Waals surface area (Å²) in [5.74, 6) is -0.315. The van der Waals surface area contributed by atoms with Gasteiger partial charge in [0.15, 0.2) is 5.78 Å². The zero-order valence-corrected chi connectivity index (χ0v) is 11.3. The average Bonchev–Trinajstić information content (AvgIpc) is 2.64. The Balaban J connectivity index is 2.45. The average molecular weight is 250 g/mol. The van der Waals surface area contributed by atoms with Crippen molar-refractivity contribution in [3.05, 3.63) is 24.3 Å². The molecule has 0 spiro atoms. The largest absolute Gasteiger partial charge is 0.454 e. The Kier molecular flexibility index (Phi) is 5.83. The van der Waals surface area contributed by atoms with Gasteiger partial charge in [-0.3, -0.25) is 9.59 Å². The molecule has 0 N–H and O–H groups in total. The first-order valence-electron chi connectivity index (χ1n) is 6.64. The van der Waals surface area contributed by atoms with Gasteiger partial charge in [-0.05, 0) is 25.0 Å². The minimum atomic E-state index is -0.732. The predicted octanol–water partition coefficient (Wildman–Crippen LogP) is 3.34. The molecule has 0 radical (unpaired) electrons. The topological polar surface area (TPSA) is 43.4 Å². The lowest BCUT2D eigenvalue weighted by molar-refractivity contribution is -0.152. The van der Waals surface area contributed by atoms with Crippen LogP contribution in [0.4, 0.5) is 0 Å². The van der Waals surface area contributed by atoms with Crippen LogP contribution in [0.3, 0.4) is 0 Å². The number of unbranched alkanes of at least 4 members (excludes halogenated alkanes) is 3. The Morgan fingerprint density at radius 2 is 2.22 bits per heavy atom. The molecule has 1 aliphatic rings. The highest BCUT2D eigenvalue weighted by Crippen LogP contribution is 2.29. The molecule has 18 heavy (non-hydrogen) atoms. The van der Waals surface area contributed by atoms with E-state index in [1.165, 1.54) is 32.3 Å². The van der Waals surface area contributed by atoms with Crippen LogP contribution >= 0.6 is 0 Å². The Bertz CT molecular complexity index is 355. The highest BCUT2D eigenvalue weighted by atomic mass is 16.6. The second-order valence-electron chi connectivity index (χ2n) is 4.81. The van der Waals surface area contributed by atoms with Gasteiger partial charge in [-0.15, -0.1) is 0 Å². The van der Waals surface area contributed by atoms with Crippen LogP contribution in [0, 0.1) is 0 Å². The zero-order valence-electron chi connectivity index (χ0n) is 11.3. The van der Waals surface area contributed by atoms with Gasteiger partial charge in [0.1, 0.15) is 5.60 Å². The Morgan fingerprint density at radius 3 is 2.78 bits per heavy atom. The maximum Gasteiger partial charge on any atom is 0.303 e. The third kappa shape index (κ3) is 4.86. The van der Waals surface area contributed by atoms with E-state index in [0.29, 0.717) is 6.42 Å². The summed E-state index contributed by atoms with van der Waals surface area (Å²) in [5.41, 5.74) is -0.732. The van der Waals surface area contributed by atoms with E-state index < -0.39 is 5.60 Å². The van der Waals surface area contributed by atoms with E-state index in [9.17, 15) is 9.59 Å². The van der Waals surface area contributed by atoms with Crippen LogP contribution in [0.25, 0.3) is 0 Å². The van der Waals surface area contributed by atoms with Gasteiger partial charge in [-0.2, -0.15) is 0 Å². The van der Waals surface area contributed by atoms with E-state index in [-0.39, 0.29) is 18.2 Å². The molecule has 0 aromatic carbocycles. The molecule has 0 aromatic heterocycles. The fraction of sp³-hybridized carbons (Fsp3) is 0.600. The maximum atomic E-state index is 11.3. The highest BCUT2D eigenvalue weighted by Gasteiger charge is 2.35. The summed E-state index contributed by atoms with van der Waals surface area (Å²) in [6, 6.07) is 0. The number of ether oxygens (including phenoxy) is 1. The highest BCUT2D eigenvalue weighted by molar-refractivity contribution is 5.94. The van der Waals surface area contributed by atoms with Crippen LogP contribution in [0.15, 0.2) is 24.3 Å². The summed E-state index contributed by atoms with van der Waals surface area (Å²) in [5, 5.41) is 0. The molecule has 100 valence electrons. The van der Waals surface area contributed by atoms with Crippen LogP contribution in [0.1, 0.15) is 52.4 Å². The molecule has 0 saturated heterocycles. The Morgan fingerprint density at radius 1 is 1.44 bits per heavy atom. The fourth-order valence-electron chi connectivity index (χ4n) is 2.11. The minimum absolute atomic E-state index is 0.0237. The lowest BCUT2D eigenvalue weighted by Crippen LogP contribution is -2.30. The van der Waals surface area contributed by atoms with E-state index in [4.69, 9.17) is 4.74 Å². The molecule has 1 aliphatic carbocycles. The van der Waals surface area contributed by atoms with Crippen molar-refractivity contribution < 1.29 is 14.3 Å². The van der Waals surface area contributed by atoms with Crippen LogP contribution in [0.2, 0.25) is 0 Å². The van der Waals surface area contributed by atoms with Crippen LogP contribution in [-0.4, -0.2) is 17.4 Å². The zero-order chi connectivity index (χ0) is 13.4. The van der Waals surface area contributed by atoms with Gasteiger partial charge in [-0.1, -0.05) is 31.9 Å². The first kappa shape index (κ1) is 14.7. The van der Waals surface area contributed by atoms with Gasteiger partial charge < -0.3 is 4.74 Å². The van der Waals surface area contributed by atoms with E-state index in [1.54, 1.807) is 6.08 Å². The summed E-state index contributed by atoms with van der Waals surface area (Å²) in [4.78, 5) is 22.4. The maximum absolute atomic E-state index is 11.3. The molecule has 1 rings (SSSR count). The molecule has 0 aliphatic heterocycles. The molecule has 3 nitrogen and oxygen atoms in total. The molecule has 1 atom stereocenters. The van der Waals surface area contributed by atoms with Crippen molar-refractivity contribution in [1.82, 2.24) is 0 Å². The Hall–Kier alpha value is -1.38. The molecular weight excluding hydrogens is 228 g/mol. The van der Waals surface area contributed by atoms with Gasteiger partial charge in [-0.25, -0.2) is 0 Å². The SMILES string of the molecule is CCCCC/C=C/C[C@]1(OC(C)=O)C=CC(=O)C1. The quantitative estimate of drug-likeness (QED) is 0.395. The smallest absolute Gasteiger partial charge is 0.303 e. The number of allylic oxidation sites excluding steroid dienone is 2. The van der Waals surface area contributed by atoms with Gasteiger partial charge in [0.2, 0.25) is 0 Å². The van der Waals surface area contributed by atoms with Crippen LogP contribution in [0.5, 0.6) is 0 Å². The Labute approximate surface area is 109 Å². The number of ketones is 1. The van der Waals surface area contributed by atoms with Crippen LogP contribution < -0.4 is 0 Å². The summed E-state index contributed by atoms with van der Waals surface area (Å²) in [7, 11) is 0. The number of carbonyl (C=O) groups is 2. The number of esters is 1. The van der Waals surface area contributed by atoms with E-state index in [0.717, 1.165) is 6.42 Å². The predicted molar refractivity (Wildman–Crippen MR) is 71.2 cm³/mol. The molecule has 0 heterocycles. The minimum Gasteiger partial charge on any atom is -0.454 e.